The van der Waals surface area contributed by atoms with Gasteiger partial charge in [-0.15, -0.1) is 0 Å². The number of nitrogens with zero attached hydrogens (tertiary/aromatic N) is 1. The molecule has 0 saturated heterocycles. The topological polar surface area (TPSA) is 87.7 Å². The average Bonchev–Trinajstić information content (AvgIpc) is 2.34. The van der Waals surface area contributed by atoms with Crippen molar-refractivity contribution < 1.29 is 10.0 Å². The van der Waals surface area contributed by atoms with Gasteiger partial charge in [-0.05, 0) is 36.6 Å². The van der Waals surface area contributed by atoms with E-state index in [1.807, 2.05) is 13.8 Å². The van der Waals surface area contributed by atoms with E-state index in [0.29, 0.717) is 10.6 Å². The molecule has 0 spiro atoms. The largest absolute Gasteiger partial charge is 0.409 e. The molecule has 1 unspecified atom stereocenters. The maximum absolute atomic E-state index is 12.2. The third-order valence-corrected chi connectivity index (χ3v) is 3.06. The molecule has 1 aromatic carbocycles. The molecule has 0 aromatic heterocycles. The van der Waals surface area contributed by atoms with Gasteiger partial charge in [0.25, 0.3) is 5.91 Å². The number of rotatable bonds is 4. The van der Waals surface area contributed by atoms with E-state index in [-0.39, 0.29) is 17.7 Å². The van der Waals surface area contributed by atoms with E-state index in [4.69, 9.17) is 22.5 Å². The number of amides is 1. The lowest BCUT2D eigenvalue weighted by Gasteiger charge is -2.21. The monoisotopic (exact) mass is 283 g/mol. The Morgan fingerprint density at radius 2 is 2.11 bits per heavy atom. The minimum Gasteiger partial charge on any atom is -0.409 e. The first-order valence-corrected chi connectivity index (χ1v) is 6.29. The van der Waals surface area contributed by atoms with Crippen LogP contribution in [-0.4, -0.2) is 23.0 Å². The van der Waals surface area contributed by atoms with Gasteiger partial charge in [0, 0.05) is 10.6 Å². The summed E-state index contributed by atoms with van der Waals surface area (Å²) < 4.78 is 0. The molecule has 0 aliphatic heterocycles. The summed E-state index contributed by atoms with van der Waals surface area (Å²) in [6.45, 7) is 5.55. The van der Waals surface area contributed by atoms with Gasteiger partial charge in [-0.2, -0.15) is 0 Å². The highest BCUT2D eigenvalue weighted by atomic mass is 35.5. The number of carbonyl (C=O) groups excluding carboxylic acids is 1. The smallest absolute Gasteiger partial charge is 0.252 e. The Morgan fingerprint density at radius 3 is 2.58 bits per heavy atom. The van der Waals surface area contributed by atoms with E-state index in [2.05, 4.69) is 10.5 Å². The number of hydrogen-bond acceptors (Lipinski definition) is 3. The zero-order valence-corrected chi connectivity index (χ0v) is 11.9. The predicted molar refractivity (Wildman–Crippen MR) is 75.7 cm³/mol. The molecule has 1 rings (SSSR count). The minimum absolute atomic E-state index is 0.00690. The van der Waals surface area contributed by atoms with Gasteiger partial charge < -0.3 is 16.3 Å². The van der Waals surface area contributed by atoms with Crippen molar-refractivity contribution in [2.24, 2.45) is 16.8 Å². The fourth-order valence-corrected chi connectivity index (χ4v) is 1.97. The number of oxime groups is 1. The number of nitrogens with two attached hydrogens (primary N) is 1. The van der Waals surface area contributed by atoms with Crippen LogP contribution in [0.4, 0.5) is 0 Å². The Hall–Kier alpha value is -1.75. The Bertz CT molecular complexity index is 501. The molecule has 0 heterocycles. The molecule has 0 aliphatic carbocycles. The first-order valence-electron chi connectivity index (χ1n) is 5.91. The summed E-state index contributed by atoms with van der Waals surface area (Å²) in [6.07, 6.45) is 0. The van der Waals surface area contributed by atoms with E-state index < -0.39 is 6.04 Å². The van der Waals surface area contributed by atoms with Crippen molar-refractivity contribution in [2.45, 2.75) is 26.8 Å². The number of halogens is 1. The molecular weight excluding hydrogens is 266 g/mol. The number of carbonyl (C=O) groups is 1. The van der Waals surface area contributed by atoms with Gasteiger partial charge in [-0.1, -0.05) is 30.6 Å². The molecule has 5 nitrogen and oxygen atoms in total. The van der Waals surface area contributed by atoms with E-state index >= 15 is 0 Å². The quantitative estimate of drug-likeness (QED) is 0.342. The zero-order valence-electron chi connectivity index (χ0n) is 11.1. The van der Waals surface area contributed by atoms with Gasteiger partial charge in [-0.25, -0.2) is 0 Å². The van der Waals surface area contributed by atoms with Gasteiger partial charge in [0.05, 0.1) is 6.04 Å². The fraction of sp³-hybridized carbons (Fsp3) is 0.385. The van der Waals surface area contributed by atoms with E-state index in [1.165, 1.54) is 0 Å². The van der Waals surface area contributed by atoms with Gasteiger partial charge in [-0.3, -0.25) is 4.79 Å². The Kier molecular flexibility index (Phi) is 5.18. The molecule has 0 radical (unpaired) electrons. The second-order valence-electron chi connectivity index (χ2n) is 4.68. The van der Waals surface area contributed by atoms with Crippen molar-refractivity contribution in [1.82, 2.24) is 5.32 Å². The van der Waals surface area contributed by atoms with E-state index in [0.717, 1.165) is 5.56 Å². The first kappa shape index (κ1) is 15.3. The number of benzene rings is 1. The number of nitrogens with one attached hydrogen (secondary N) is 1. The van der Waals surface area contributed by atoms with Crippen molar-refractivity contribution >= 4 is 23.3 Å². The van der Waals surface area contributed by atoms with Crippen molar-refractivity contribution in [2.75, 3.05) is 0 Å². The molecule has 0 aliphatic rings. The number of aryl methyl sites for hydroxylation is 1. The number of amidine groups is 1. The molecular formula is C13H18ClN3O2. The Labute approximate surface area is 117 Å². The van der Waals surface area contributed by atoms with Crippen LogP contribution in [-0.2, 0) is 0 Å². The molecule has 1 amide bonds. The van der Waals surface area contributed by atoms with Crippen molar-refractivity contribution in [3.05, 3.63) is 34.3 Å². The fourth-order valence-electron chi connectivity index (χ4n) is 1.75. The summed E-state index contributed by atoms with van der Waals surface area (Å²) in [5, 5.41) is 15.0. The second-order valence-corrected chi connectivity index (χ2v) is 5.12. The van der Waals surface area contributed by atoms with E-state index in [9.17, 15) is 4.79 Å². The minimum atomic E-state index is -0.521. The van der Waals surface area contributed by atoms with Crippen molar-refractivity contribution in [3.8, 4) is 0 Å². The van der Waals surface area contributed by atoms with Crippen LogP contribution in [0.1, 0.15) is 29.8 Å². The lowest BCUT2D eigenvalue weighted by molar-refractivity contribution is 0.0938. The maximum atomic E-state index is 12.2. The number of hydrogen-bond donors (Lipinski definition) is 3. The lowest BCUT2D eigenvalue weighted by Crippen LogP contribution is -2.48. The van der Waals surface area contributed by atoms with Crippen LogP contribution in [0.2, 0.25) is 5.02 Å². The van der Waals surface area contributed by atoms with Crippen molar-refractivity contribution in [3.63, 3.8) is 0 Å². The third-order valence-electron chi connectivity index (χ3n) is 2.82. The van der Waals surface area contributed by atoms with Crippen LogP contribution in [0.25, 0.3) is 0 Å². The van der Waals surface area contributed by atoms with Crippen molar-refractivity contribution in [1.29, 1.82) is 0 Å². The summed E-state index contributed by atoms with van der Waals surface area (Å²) in [5.41, 5.74) is 6.86. The van der Waals surface area contributed by atoms with E-state index in [1.54, 1.807) is 25.1 Å². The SMILES string of the molecule is Cc1cc(Cl)ccc1C(=O)NC(/C(N)=N/O)C(C)C. The second kappa shape index (κ2) is 6.43. The molecule has 0 saturated carbocycles. The first-order chi connectivity index (χ1) is 8.86. The highest BCUT2D eigenvalue weighted by molar-refractivity contribution is 6.30. The summed E-state index contributed by atoms with van der Waals surface area (Å²) in [4.78, 5) is 12.2. The van der Waals surface area contributed by atoms with Gasteiger partial charge in [0.2, 0.25) is 0 Å². The molecule has 4 N–H and O–H groups in total. The Balaban J connectivity index is 2.94. The molecule has 104 valence electrons. The van der Waals surface area contributed by atoms with Crippen LogP contribution in [0.15, 0.2) is 23.4 Å². The molecule has 6 heteroatoms. The van der Waals surface area contributed by atoms with Crippen LogP contribution in [0.3, 0.4) is 0 Å². The van der Waals surface area contributed by atoms with Crippen LogP contribution in [0.5, 0.6) is 0 Å². The predicted octanol–water partition coefficient (Wildman–Crippen LogP) is 2.15. The summed E-state index contributed by atoms with van der Waals surface area (Å²) in [7, 11) is 0. The molecule has 1 atom stereocenters. The molecule has 1 aromatic rings. The molecule has 19 heavy (non-hydrogen) atoms. The van der Waals surface area contributed by atoms with Crippen LogP contribution < -0.4 is 11.1 Å². The van der Waals surface area contributed by atoms with Gasteiger partial charge in [0.15, 0.2) is 5.84 Å². The maximum Gasteiger partial charge on any atom is 0.252 e. The van der Waals surface area contributed by atoms with Gasteiger partial charge in [0.1, 0.15) is 0 Å². The highest BCUT2D eigenvalue weighted by Crippen LogP contribution is 2.15. The zero-order chi connectivity index (χ0) is 14.6. The average molecular weight is 284 g/mol. The summed E-state index contributed by atoms with van der Waals surface area (Å²) >= 11 is 5.85. The third kappa shape index (κ3) is 3.86. The molecule has 0 fully saturated rings. The van der Waals surface area contributed by atoms with Crippen LogP contribution in [0, 0.1) is 12.8 Å². The normalized spacial score (nSPS) is 13.4. The lowest BCUT2D eigenvalue weighted by atomic mass is 10.0. The highest BCUT2D eigenvalue weighted by Gasteiger charge is 2.22. The summed E-state index contributed by atoms with van der Waals surface area (Å²) in [5.74, 6) is -0.290. The van der Waals surface area contributed by atoms with Crippen LogP contribution >= 0.6 is 11.6 Å². The Morgan fingerprint density at radius 1 is 1.47 bits per heavy atom. The summed E-state index contributed by atoms with van der Waals surface area (Å²) in [6, 6.07) is 4.49. The standard InChI is InChI=1S/C13H18ClN3O2/c1-7(2)11(12(15)17-19)16-13(18)10-5-4-9(14)6-8(10)3/h4-7,11,19H,1-3H3,(H2,15,17)(H,16,18). The van der Waals surface area contributed by atoms with Gasteiger partial charge >= 0.3 is 0 Å². The molecule has 0 bridgehead atoms.